The molecule has 37 heavy (non-hydrogen) atoms. The van der Waals surface area contributed by atoms with Gasteiger partial charge in [-0.05, 0) is 76.7 Å². The van der Waals surface area contributed by atoms with Crippen LogP contribution in [0.3, 0.4) is 0 Å². The van der Waals surface area contributed by atoms with E-state index >= 15 is 0 Å². The molecule has 4 rings (SSSR count). The van der Waals surface area contributed by atoms with E-state index in [2.05, 4.69) is 31.1 Å². The van der Waals surface area contributed by atoms with Crippen LogP contribution in [0.15, 0.2) is 79.4 Å². The number of anilines is 1. The summed E-state index contributed by atoms with van der Waals surface area (Å²) in [5.41, 5.74) is 2.46. The van der Waals surface area contributed by atoms with E-state index in [4.69, 9.17) is 16.7 Å². The van der Waals surface area contributed by atoms with Crippen LogP contribution in [-0.4, -0.2) is 54.1 Å². The lowest BCUT2D eigenvalue weighted by molar-refractivity contribution is -0.123. The van der Waals surface area contributed by atoms with E-state index in [9.17, 15) is 14.4 Å². The molecule has 12 heteroatoms. The predicted octanol–water partition coefficient (Wildman–Crippen LogP) is 2.79. The average Bonchev–Trinajstić information content (AvgIpc) is 3.43. The van der Waals surface area contributed by atoms with Crippen molar-refractivity contribution < 1.29 is 19.5 Å². The fraction of sp³-hybridized carbons (Fsp3) is 0.0800. The van der Waals surface area contributed by atoms with Gasteiger partial charge >= 0.3 is 5.97 Å². The van der Waals surface area contributed by atoms with E-state index in [1.807, 2.05) is 0 Å². The molecule has 2 amide bonds. The first kappa shape index (κ1) is 25.2. The highest BCUT2D eigenvalue weighted by atomic mass is 35.5. The van der Waals surface area contributed by atoms with Crippen LogP contribution in [0, 0.1) is 0 Å². The Morgan fingerprint density at radius 1 is 1.05 bits per heavy atom. The van der Waals surface area contributed by atoms with E-state index in [0.717, 1.165) is 5.56 Å². The molecule has 11 nitrogen and oxygen atoms in total. The van der Waals surface area contributed by atoms with E-state index in [1.165, 1.54) is 41.4 Å². The van der Waals surface area contributed by atoms with Crippen LogP contribution in [0.5, 0.6) is 0 Å². The van der Waals surface area contributed by atoms with Crippen molar-refractivity contribution in [2.45, 2.75) is 12.5 Å². The third kappa shape index (κ3) is 6.83. The summed E-state index contributed by atoms with van der Waals surface area (Å²) in [7, 11) is 0. The van der Waals surface area contributed by atoms with Gasteiger partial charge in [0.2, 0.25) is 11.8 Å². The summed E-state index contributed by atoms with van der Waals surface area (Å²) in [6.07, 6.45) is 7.64. The molecular formula is C25H20ClN7O4. The van der Waals surface area contributed by atoms with E-state index in [0.29, 0.717) is 22.0 Å². The summed E-state index contributed by atoms with van der Waals surface area (Å²) >= 11 is 6.13. The molecule has 0 aliphatic rings. The molecule has 2 aromatic heterocycles. The quantitative estimate of drug-likeness (QED) is 0.286. The van der Waals surface area contributed by atoms with Crippen molar-refractivity contribution >= 4 is 41.1 Å². The average molecular weight is 518 g/mol. The highest BCUT2D eigenvalue weighted by Crippen LogP contribution is 2.20. The van der Waals surface area contributed by atoms with Crippen molar-refractivity contribution in [1.82, 2.24) is 30.5 Å². The van der Waals surface area contributed by atoms with Gasteiger partial charge in [-0.15, -0.1) is 5.10 Å². The summed E-state index contributed by atoms with van der Waals surface area (Å²) in [6, 6.07) is 13.3. The molecule has 0 unspecified atom stereocenters. The molecule has 2 heterocycles. The Hall–Kier alpha value is -4.90. The standard InChI is InChI=1S/C25H20ClN7O4/c26-19-4-7-22(33-15-28-31-32-33)18(14-19)3-8-23(34)30-21(13-16-9-11-27-12-10-16)24(35)29-20-5-1-17(2-6-20)25(36)37/h1-12,14-15,21H,13H2,(H,29,35)(H,30,34)(H,36,37)/t21-/m0/s1. The Kier molecular flexibility index (Phi) is 7.96. The number of pyridine rings is 1. The smallest absolute Gasteiger partial charge is 0.335 e. The Morgan fingerprint density at radius 3 is 2.49 bits per heavy atom. The minimum absolute atomic E-state index is 0.0897. The van der Waals surface area contributed by atoms with E-state index < -0.39 is 23.8 Å². The predicted molar refractivity (Wildman–Crippen MR) is 135 cm³/mol. The number of rotatable bonds is 9. The molecule has 1 atom stereocenters. The summed E-state index contributed by atoms with van der Waals surface area (Å²) in [4.78, 5) is 41.0. The number of nitrogens with one attached hydrogen (secondary N) is 2. The molecular weight excluding hydrogens is 498 g/mol. The maximum atomic E-state index is 13.1. The minimum Gasteiger partial charge on any atom is -0.478 e. The van der Waals surface area contributed by atoms with Crippen molar-refractivity contribution in [3.8, 4) is 5.69 Å². The molecule has 4 aromatic rings. The lowest BCUT2D eigenvalue weighted by Gasteiger charge is -2.18. The van der Waals surface area contributed by atoms with Crippen molar-refractivity contribution in [3.63, 3.8) is 0 Å². The first-order valence-electron chi connectivity index (χ1n) is 10.9. The second-order valence-corrected chi connectivity index (χ2v) is 8.22. The van der Waals surface area contributed by atoms with Gasteiger partial charge < -0.3 is 15.7 Å². The number of amides is 2. The fourth-order valence-electron chi connectivity index (χ4n) is 3.41. The highest BCUT2D eigenvalue weighted by Gasteiger charge is 2.21. The topological polar surface area (TPSA) is 152 Å². The third-order valence-electron chi connectivity index (χ3n) is 5.22. The van der Waals surface area contributed by atoms with Crippen molar-refractivity contribution in [1.29, 1.82) is 0 Å². The van der Waals surface area contributed by atoms with Gasteiger partial charge in [0.15, 0.2) is 0 Å². The number of hydrogen-bond donors (Lipinski definition) is 3. The maximum Gasteiger partial charge on any atom is 0.335 e. The number of aromatic carboxylic acids is 1. The second kappa shape index (κ2) is 11.7. The highest BCUT2D eigenvalue weighted by molar-refractivity contribution is 6.30. The fourth-order valence-corrected chi connectivity index (χ4v) is 3.59. The summed E-state index contributed by atoms with van der Waals surface area (Å²) in [5, 5.41) is 26.1. The Bertz CT molecular complexity index is 1430. The van der Waals surface area contributed by atoms with Crippen LogP contribution in [0.2, 0.25) is 5.02 Å². The van der Waals surface area contributed by atoms with Crippen LogP contribution in [-0.2, 0) is 16.0 Å². The normalized spacial score (nSPS) is 11.7. The first-order chi connectivity index (χ1) is 17.9. The Balaban J connectivity index is 1.51. The largest absolute Gasteiger partial charge is 0.478 e. The van der Waals surface area contributed by atoms with Gasteiger partial charge in [0.05, 0.1) is 11.3 Å². The zero-order chi connectivity index (χ0) is 26.2. The third-order valence-corrected chi connectivity index (χ3v) is 5.46. The van der Waals surface area contributed by atoms with Crippen LogP contribution in [0.25, 0.3) is 11.8 Å². The van der Waals surface area contributed by atoms with Gasteiger partial charge in [0.1, 0.15) is 12.4 Å². The molecule has 0 saturated heterocycles. The number of tetrazole rings is 1. The molecule has 0 aliphatic heterocycles. The maximum absolute atomic E-state index is 13.1. The van der Waals surface area contributed by atoms with Gasteiger partial charge in [-0.25, -0.2) is 4.79 Å². The molecule has 0 saturated carbocycles. The zero-order valence-electron chi connectivity index (χ0n) is 19.2. The molecule has 0 bridgehead atoms. The van der Waals surface area contributed by atoms with Crippen LogP contribution < -0.4 is 10.6 Å². The molecule has 3 N–H and O–H groups in total. The SMILES string of the molecule is O=C(C=Cc1cc(Cl)ccc1-n1cnnn1)N[C@@H](Cc1ccncc1)C(=O)Nc1ccc(C(=O)O)cc1. The monoisotopic (exact) mass is 517 g/mol. The number of hydrogen-bond acceptors (Lipinski definition) is 7. The van der Waals surface area contributed by atoms with Crippen LogP contribution >= 0.6 is 11.6 Å². The van der Waals surface area contributed by atoms with Crippen molar-refractivity contribution in [2.75, 3.05) is 5.32 Å². The summed E-state index contributed by atoms with van der Waals surface area (Å²) in [6.45, 7) is 0. The molecule has 0 radical (unpaired) electrons. The summed E-state index contributed by atoms with van der Waals surface area (Å²) < 4.78 is 1.43. The number of carboxylic acid groups (broad SMARTS) is 1. The van der Waals surface area contributed by atoms with Crippen molar-refractivity contribution in [2.24, 2.45) is 0 Å². The molecule has 0 fully saturated rings. The Labute approximate surface area is 215 Å². The number of carbonyl (C=O) groups is 3. The molecule has 186 valence electrons. The van der Waals surface area contributed by atoms with Crippen LogP contribution in [0.1, 0.15) is 21.5 Å². The van der Waals surface area contributed by atoms with Gasteiger partial charge in [0.25, 0.3) is 0 Å². The number of nitrogens with zero attached hydrogens (tertiary/aromatic N) is 5. The van der Waals surface area contributed by atoms with Crippen molar-refractivity contribution in [3.05, 3.63) is 101 Å². The van der Waals surface area contributed by atoms with Crippen LogP contribution in [0.4, 0.5) is 5.69 Å². The number of halogens is 1. The van der Waals surface area contributed by atoms with Gasteiger partial charge in [-0.2, -0.15) is 4.68 Å². The van der Waals surface area contributed by atoms with E-state index in [-0.39, 0.29) is 12.0 Å². The minimum atomic E-state index is -1.07. The first-order valence-corrected chi connectivity index (χ1v) is 11.3. The number of aromatic nitrogens is 5. The second-order valence-electron chi connectivity index (χ2n) is 7.78. The number of benzene rings is 2. The number of carbonyl (C=O) groups excluding carboxylic acids is 2. The van der Waals surface area contributed by atoms with Gasteiger partial charge in [0, 0.05) is 41.2 Å². The number of carboxylic acids is 1. The Morgan fingerprint density at radius 2 is 1.81 bits per heavy atom. The van der Waals surface area contributed by atoms with Gasteiger partial charge in [-0.3, -0.25) is 14.6 Å². The molecule has 2 aromatic carbocycles. The van der Waals surface area contributed by atoms with Gasteiger partial charge in [-0.1, -0.05) is 11.6 Å². The molecule has 0 spiro atoms. The zero-order valence-corrected chi connectivity index (χ0v) is 19.9. The molecule has 0 aliphatic carbocycles. The lowest BCUT2D eigenvalue weighted by atomic mass is 10.1. The van der Waals surface area contributed by atoms with E-state index in [1.54, 1.807) is 48.8 Å². The summed E-state index contributed by atoms with van der Waals surface area (Å²) in [5.74, 6) is -2.06. The lowest BCUT2D eigenvalue weighted by Crippen LogP contribution is -2.44.